The summed E-state index contributed by atoms with van der Waals surface area (Å²) in [7, 11) is 1.84. The van der Waals surface area contributed by atoms with E-state index in [0.29, 0.717) is 17.8 Å². The monoisotopic (exact) mass is 617 g/mol. The van der Waals surface area contributed by atoms with Crippen LogP contribution in [0, 0.1) is 22.7 Å². The summed E-state index contributed by atoms with van der Waals surface area (Å²) in [5.74, 6) is 2.09. The molecule has 2 saturated carbocycles. The molecule has 1 saturated heterocycles. The minimum absolute atomic E-state index is 0.0368. The van der Waals surface area contributed by atoms with Crippen molar-refractivity contribution >= 4 is 12.4 Å². The van der Waals surface area contributed by atoms with E-state index in [4.69, 9.17) is 10.1 Å². The number of allylic oxidation sites excluding steroid dienone is 1. The summed E-state index contributed by atoms with van der Waals surface area (Å²) in [4.78, 5) is 10.9. The molecule has 2 aromatic rings. The molecule has 0 amide bonds. The molecule has 5 rings (SSSR count). The number of aliphatic imine (C=N–C) groups is 1. The van der Waals surface area contributed by atoms with Crippen molar-refractivity contribution in [2.75, 3.05) is 26.3 Å². The Morgan fingerprint density at radius 1 is 1.09 bits per heavy atom. The predicted octanol–water partition coefficient (Wildman–Crippen LogP) is 4.53. The van der Waals surface area contributed by atoms with Crippen LogP contribution in [-0.4, -0.2) is 79.6 Å². The lowest BCUT2D eigenvalue weighted by atomic mass is 9.77. The number of hydrogen-bond donors (Lipinski definition) is 3. The summed E-state index contributed by atoms with van der Waals surface area (Å²) in [5, 5.41) is 35.6. The van der Waals surface area contributed by atoms with Crippen LogP contribution in [0.25, 0.3) is 0 Å². The highest BCUT2D eigenvalue weighted by atomic mass is 19.4. The summed E-state index contributed by atoms with van der Waals surface area (Å²) in [6, 6.07) is 2.29. The van der Waals surface area contributed by atoms with E-state index in [1.165, 1.54) is 6.21 Å². The average molecular weight is 618 g/mol. The van der Waals surface area contributed by atoms with Crippen LogP contribution in [0.15, 0.2) is 35.1 Å². The lowest BCUT2D eigenvalue weighted by Crippen LogP contribution is -2.63. The van der Waals surface area contributed by atoms with E-state index in [9.17, 15) is 23.4 Å². The zero-order valence-corrected chi connectivity index (χ0v) is 25.1. The lowest BCUT2D eigenvalue weighted by molar-refractivity contribution is -0.137. The molecule has 0 atom stereocenters. The molecule has 13 heteroatoms. The van der Waals surface area contributed by atoms with Crippen molar-refractivity contribution in [2.24, 2.45) is 29.3 Å². The van der Waals surface area contributed by atoms with Crippen LogP contribution < -0.4 is 4.74 Å². The highest BCUT2D eigenvalue weighted by molar-refractivity contribution is 5.77. The Morgan fingerprint density at radius 2 is 1.80 bits per heavy atom. The highest BCUT2D eigenvalue weighted by Crippen LogP contribution is 2.39. The Balaban J connectivity index is 1.08. The van der Waals surface area contributed by atoms with Crippen LogP contribution >= 0.6 is 0 Å². The summed E-state index contributed by atoms with van der Waals surface area (Å²) < 4.78 is 46.3. The van der Waals surface area contributed by atoms with Gasteiger partial charge in [0.1, 0.15) is 12.4 Å². The molecule has 10 nitrogen and oxygen atoms in total. The molecule has 0 bridgehead atoms. The van der Waals surface area contributed by atoms with Crippen LogP contribution in [0.5, 0.6) is 5.88 Å². The van der Waals surface area contributed by atoms with Crippen molar-refractivity contribution in [3.63, 3.8) is 0 Å². The van der Waals surface area contributed by atoms with E-state index in [1.54, 1.807) is 0 Å². The van der Waals surface area contributed by atoms with Gasteiger partial charge in [-0.15, -0.1) is 10.2 Å². The first-order valence-electron chi connectivity index (χ1n) is 15.4. The SMILES string of the molecule is Cn1c(COc2cc(C(F)(F)F)ccn2)nnc1[C@H]1CC[C@H](/C(C=N)=C/N=C\C2CCC(N3CC(CO)(CO)C3)CC2)CC1. The van der Waals surface area contributed by atoms with E-state index in [0.717, 1.165) is 94.2 Å². The van der Waals surface area contributed by atoms with Gasteiger partial charge in [0, 0.05) is 68.4 Å². The molecule has 44 heavy (non-hydrogen) atoms. The van der Waals surface area contributed by atoms with E-state index in [-0.39, 0.29) is 43.0 Å². The van der Waals surface area contributed by atoms with E-state index < -0.39 is 11.7 Å². The standard InChI is InChI=1S/C31H42F3N7O3/c1-40-27(16-44-28-12-25(10-11-37-28)31(32,33)34)38-39-29(40)23-6-4-22(5-7-23)24(13-35)15-36-14-21-2-8-26(9-3-21)41-17-30(18-41,19-42)20-43/h10-15,21-23,26,35,42-43H,2-9,16-20H2,1H3/b24-15+,35-13?,36-14-/t21?,22-,23-,26?. The Labute approximate surface area is 255 Å². The fourth-order valence-corrected chi connectivity index (χ4v) is 6.80. The molecule has 3 heterocycles. The third-order valence-corrected chi connectivity index (χ3v) is 9.67. The van der Waals surface area contributed by atoms with Crippen molar-refractivity contribution in [2.45, 2.75) is 76.1 Å². The third kappa shape index (κ3) is 7.37. The molecule has 3 N–H and O–H groups in total. The number of alkyl halides is 3. The van der Waals surface area contributed by atoms with Crippen molar-refractivity contribution in [1.29, 1.82) is 5.41 Å². The maximum absolute atomic E-state index is 13.0. The van der Waals surface area contributed by atoms with Gasteiger partial charge in [-0.25, -0.2) is 4.98 Å². The Bertz CT molecular complexity index is 1320. The number of likely N-dealkylation sites (tertiary alicyclic amines) is 1. The zero-order valence-electron chi connectivity index (χ0n) is 25.1. The molecule has 3 fully saturated rings. The van der Waals surface area contributed by atoms with Crippen LogP contribution in [-0.2, 0) is 19.8 Å². The van der Waals surface area contributed by atoms with E-state index >= 15 is 0 Å². The fourth-order valence-electron chi connectivity index (χ4n) is 6.80. The van der Waals surface area contributed by atoms with Crippen molar-refractivity contribution in [1.82, 2.24) is 24.6 Å². The molecular formula is C31H42F3N7O3. The maximum atomic E-state index is 13.0. The van der Waals surface area contributed by atoms with Crippen molar-refractivity contribution < 1.29 is 28.1 Å². The largest absolute Gasteiger partial charge is 0.469 e. The molecule has 0 aromatic carbocycles. The number of nitrogens with one attached hydrogen (secondary N) is 1. The molecule has 0 spiro atoms. The van der Waals surface area contributed by atoms with Crippen LogP contribution in [0.2, 0.25) is 0 Å². The van der Waals surface area contributed by atoms with Gasteiger partial charge in [-0.05, 0) is 74.8 Å². The van der Waals surface area contributed by atoms with Gasteiger partial charge in [-0.3, -0.25) is 9.89 Å². The first-order chi connectivity index (χ1) is 21.1. The Kier molecular flexibility index (Phi) is 10.2. The first-order valence-corrected chi connectivity index (χ1v) is 15.4. The van der Waals surface area contributed by atoms with E-state index in [1.807, 2.05) is 24.0 Å². The molecule has 0 unspecified atom stereocenters. The van der Waals surface area contributed by atoms with Gasteiger partial charge < -0.3 is 24.9 Å². The van der Waals surface area contributed by atoms with Gasteiger partial charge in [-0.2, -0.15) is 13.2 Å². The molecule has 2 aromatic heterocycles. The topological polar surface area (TPSA) is 133 Å². The quantitative estimate of drug-likeness (QED) is 0.316. The number of halogens is 3. The molecule has 0 radical (unpaired) electrons. The van der Waals surface area contributed by atoms with Gasteiger partial charge in [0.2, 0.25) is 5.88 Å². The van der Waals surface area contributed by atoms with Gasteiger partial charge in [0.15, 0.2) is 5.82 Å². The van der Waals surface area contributed by atoms with Gasteiger partial charge in [0.25, 0.3) is 0 Å². The second-order valence-corrected chi connectivity index (χ2v) is 12.6. The lowest BCUT2D eigenvalue weighted by Gasteiger charge is -2.53. The molecule has 240 valence electrons. The summed E-state index contributed by atoms with van der Waals surface area (Å²) in [5.41, 5.74) is -0.213. The Hall–Kier alpha value is -3.16. The fraction of sp³-hybridized carbons (Fsp3) is 0.645. The minimum Gasteiger partial charge on any atom is -0.469 e. The average Bonchev–Trinajstić information content (AvgIpc) is 3.38. The molecule has 2 aliphatic carbocycles. The van der Waals surface area contributed by atoms with Gasteiger partial charge in [0.05, 0.1) is 18.8 Å². The van der Waals surface area contributed by atoms with Gasteiger partial charge >= 0.3 is 6.18 Å². The third-order valence-electron chi connectivity index (χ3n) is 9.67. The van der Waals surface area contributed by atoms with Gasteiger partial charge in [-0.1, -0.05) is 0 Å². The second kappa shape index (κ2) is 13.9. The predicted molar refractivity (Wildman–Crippen MR) is 159 cm³/mol. The molecule has 1 aliphatic heterocycles. The van der Waals surface area contributed by atoms with E-state index in [2.05, 4.69) is 25.1 Å². The minimum atomic E-state index is -4.47. The van der Waals surface area contributed by atoms with Crippen molar-refractivity contribution in [3.05, 3.63) is 47.3 Å². The number of nitrogens with zero attached hydrogens (tertiary/aromatic N) is 6. The summed E-state index contributed by atoms with van der Waals surface area (Å²) in [6.45, 7) is 1.57. The smallest absolute Gasteiger partial charge is 0.416 e. The number of rotatable bonds is 11. The highest BCUT2D eigenvalue weighted by Gasteiger charge is 2.45. The Morgan fingerprint density at radius 3 is 2.43 bits per heavy atom. The number of ether oxygens (including phenoxy) is 1. The number of hydrogen-bond acceptors (Lipinski definition) is 9. The van der Waals surface area contributed by atoms with Crippen molar-refractivity contribution in [3.8, 4) is 5.88 Å². The van der Waals surface area contributed by atoms with Crippen LogP contribution in [0.1, 0.15) is 74.5 Å². The molecular weight excluding hydrogens is 575 g/mol. The molecule has 3 aliphatic rings. The zero-order chi connectivity index (χ0) is 31.3. The van der Waals surface area contributed by atoms with Crippen LogP contribution in [0.4, 0.5) is 13.2 Å². The number of aliphatic hydroxyl groups excluding tert-OH is 2. The maximum Gasteiger partial charge on any atom is 0.416 e. The number of aromatic nitrogens is 4. The normalized spacial score (nSPS) is 26.5. The number of aliphatic hydroxyl groups is 2. The first kappa shape index (κ1) is 32.2. The second-order valence-electron chi connectivity index (χ2n) is 12.6. The number of pyridine rings is 1. The van der Waals surface area contributed by atoms with Crippen LogP contribution in [0.3, 0.4) is 0 Å². The summed E-state index contributed by atoms with van der Waals surface area (Å²) in [6.07, 6.45) is 9.78. The summed E-state index contributed by atoms with van der Waals surface area (Å²) >= 11 is 0.